The lowest BCUT2D eigenvalue weighted by Crippen LogP contribution is -2.44. The van der Waals surface area contributed by atoms with Crippen LogP contribution in [0.1, 0.15) is 40.3 Å². The highest BCUT2D eigenvalue weighted by Crippen LogP contribution is 2.28. The number of halogens is 2. The Labute approximate surface area is 222 Å². The number of ether oxygens (including phenoxy) is 1. The van der Waals surface area contributed by atoms with Gasteiger partial charge in [-0.2, -0.15) is 0 Å². The summed E-state index contributed by atoms with van der Waals surface area (Å²) in [4.78, 5) is 48.8. The van der Waals surface area contributed by atoms with Gasteiger partial charge in [0, 0.05) is 17.3 Å². The summed E-state index contributed by atoms with van der Waals surface area (Å²) >= 11 is 12.5. The molecule has 0 radical (unpaired) electrons. The number of aromatic nitrogens is 3. The van der Waals surface area contributed by atoms with Gasteiger partial charge in [0.05, 0.1) is 29.4 Å². The number of methoxy groups -OCH3 is 1. The SMILES string of the molecule is COc1cc(C(=O)Nc2c(C)cc(Cl)cc2C(=O)NC2CON(C(C)C)C2=O)n(-c2ncccc2Cl)n1. The highest BCUT2D eigenvalue weighted by molar-refractivity contribution is 6.32. The van der Waals surface area contributed by atoms with Crippen molar-refractivity contribution in [3.63, 3.8) is 0 Å². The first-order chi connectivity index (χ1) is 17.6. The Kier molecular flexibility index (Phi) is 7.67. The third-order valence-corrected chi connectivity index (χ3v) is 6.04. The van der Waals surface area contributed by atoms with Crippen LogP contribution in [-0.2, 0) is 9.63 Å². The van der Waals surface area contributed by atoms with Gasteiger partial charge in [-0.05, 0) is 50.6 Å². The van der Waals surface area contributed by atoms with Crippen LogP contribution in [0.4, 0.5) is 5.69 Å². The molecule has 3 heterocycles. The van der Waals surface area contributed by atoms with Gasteiger partial charge in [0.15, 0.2) is 5.82 Å². The Balaban J connectivity index is 1.65. The molecule has 0 aliphatic carbocycles. The molecule has 1 aliphatic rings. The molecule has 37 heavy (non-hydrogen) atoms. The quantitative estimate of drug-likeness (QED) is 0.464. The van der Waals surface area contributed by atoms with Crippen molar-refractivity contribution in [2.45, 2.75) is 32.9 Å². The summed E-state index contributed by atoms with van der Waals surface area (Å²) in [5.41, 5.74) is 0.865. The zero-order valence-electron chi connectivity index (χ0n) is 20.4. The molecule has 2 N–H and O–H groups in total. The number of aryl methyl sites for hydroxylation is 1. The number of rotatable bonds is 7. The molecule has 0 spiro atoms. The van der Waals surface area contributed by atoms with Gasteiger partial charge in [-0.1, -0.05) is 23.2 Å². The number of carbonyl (C=O) groups excluding carboxylic acids is 3. The fourth-order valence-electron chi connectivity index (χ4n) is 3.77. The largest absolute Gasteiger partial charge is 0.480 e. The van der Waals surface area contributed by atoms with Gasteiger partial charge in [0.1, 0.15) is 18.3 Å². The smallest absolute Gasteiger partial charge is 0.274 e. The summed E-state index contributed by atoms with van der Waals surface area (Å²) in [6.07, 6.45) is 1.51. The van der Waals surface area contributed by atoms with Crippen molar-refractivity contribution in [2.75, 3.05) is 19.0 Å². The second-order valence-corrected chi connectivity index (χ2v) is 9.32. The van der Waals surface area contributed by atoms with E-state index in [1.165, 1.54) is 35.2 Å². The summed E-state index contributed by atoms with van der Waals surface area (Å²) in [5, 5.41) is 11.4. The maximum absolute atomic E-state index is 13.4. The lowest BCUT2D eigenvalue weighted by molar-refractivity contribution is -0.170. The highest BCUT2D eigenvalue weighted by atomic mass is 35.5. The standard InChI is InChI=1S/C24H24Cl2N6O5/c1-12(2)32-24(35)17(11-37-32)28-22(33)15-9-14(25)8-13(3)20(15)29-23(34)18-10-19(36-4)30-31(18)21-16(26)6-5-7-27-21/h5-10,12,17H,11H2,1-4H3,(H,28,33)(H,29,34). The van der Waals surface area contributed by atoms with Crippen molar-refractivity contribution in [3.05, 3.63) is 63.4 Å². The molecule has 0 saturated carbocycles. The van der Waals surface area contributed by atoms with E-state index in [0.29, 0.717) is 5.56 Å². The first-order valence-electron chi connectivity index (χ1n) is 11.2. The van der Waals surface area contributed by atoms with Crippen molar-refractivity contribution in [2.24, 2.45) is 0 Å². The number of nitrogens with one attached hydrogen (secondary N) is 2. The van der Waals surface area contributed by atoms with Crippen molar-refractivity contribution >= 4 is 46.6 Å². The normalized spacial score (nSPS) is 15.3. The van der Waals surface area contributed by atoms with Gasteiger partial charge in [-0.25, -0.2) is 14.7 Å². The molecule has 0 bridgehead atoms. The van der Waals surface area contributed by atoms with Gasteiger partial charge < -0.3 is 15.4 Å². The summed E-state index contributed by atoms with van der Waals surface area (Å²) < 4.78 is 6.44. The molecule has 1 fully saturated rings. The molecule has 3 aromatic rings. The van der Waals surface area contributed by atoms with Crippen molar-refractivity contribution in [1.82, 2.24) is 25.1 Å². The van der Waals surface area contributed by atoms with Crippen LogP contribution in [0.15, 0.2) is 36.5 Å². The number of hydrogen-bond acceptors (Lipinski definition) is 7. The minimum Gasteiger partial charge on any atom is -0.480 e. The summed E-state index contributed by atoms with van der Waals surface area (Å²) in [5.74, 6) is -1.20. The maximum atomic E-state index is 13.4. The van der Waals surface area contributed by atoms with Crippen LogP contribution >= 0.6 is 23.2 Å². The van der Waals surface area contributed by atoms with E-state index in [4.69, 9.17) is 32.8 Å². The Morgan fingerprint density at radius 2 is 1.97 bits per heavy atom. The summed E-state index contributed by atoms with van der Waals surface area (Å²) in [6, 6.07) is 6.62. The van der Waals surface area contributed by atoms with Crippen LogP contribution < -0.4 is 15.4 Å². The molecular formula is C24H24Cl2N6O5. The third-order valence-electron chi connectivity index (χ3n) is 5.52. The number of benzene rings is 1. The van der Waals surface area contributed by atoms with Gasteiger partial charge in [-0.3, -0.25) is 19.2 Å². The Bertz CT molecular complexity index is 1380. The second kappa shape index (κ2) is 10.8. The summed E-state index contributed by atoms with van der Waals surface area (Å²) in [6.45, 7) is 5.28. The Morgan fingerprint density at radius 1 is 1.22 bits per heavy atom. The van der Waals surface area contributed by atoms with E-state index in [0.717, 1.165) is 0 Å². The molecule has 1 aromatic carbocycles. The van der Waals surface area contributed by atoms with Crippen molar-refractivity contribution in [1.29, 1.82) is 0 Å². The first kappa shape index (κ1) is 26.4. The van der Waals surface area contributed by atoms with Gasteiger partial charge in [-0.15, -0.1) is 5.10 Å². The van der Waals surface area contributed by atoms with E-state index in [9.17, 15) is 14.4 Å². The van der Waals surface area contributed by atoms with Crippen LogP contribution in [0.2, 0.25) is 10.0 Å². The molecule has 3 amide bonds. The molecule has 194 valence electrons. The molecule has 1 atom stereocenters. The van der Waals surface area contributed by atoms with E-state index < -0.39 is 17.9 Å². The van der Waals surface area contributed by atoms with Gasteiger partial charge in [0.25, 0.3) is 17.7 Å². The number of anilines is 1. The number of pyridine rings is 1. The monoisotopic (exact) mass is 546 g/mol. The Morgan fingerprint density at radius 3 is 2.62 bits per heavy atom. The van der Waals surface area contributed by atoms with E-state index in [-0.39, 0.29) is 57.2 Å². The van der Waals surface area contributed by atoms with Gasteiger partial charge in [0.2, 0.25) is 5.88 Å². The van der Waals surface area contributed by atoms with Crippen LogP contribution in [0.3, 0.4) is 0 Å². The van der Waals surface area contributed by atoms with Crippen LogP contribution in [0, 0.1) is 6.92 Å². The minimum atomic E-state index is -0.880. The zero-order valence-corrected chi connectivity index (χ0v) is 21.9. The zero-order chi connectivity index (χ0) is 26.9. The number of amides is 3. The van der Waals surface area contributed by atoms with E-state index in [1.54, 1.807) is 39.0 Å². The predicted octanol–water partition coefficient (Wildman–Crippen LogP) is 3.42. The second-order valence-electron chi connectivity index (χ2n) is 8.47. The fourth-order valence-corrected chi connectivity index (χ4v) is 4.24. The topological polar surface area (TPSA) is 128 Å². The average molecular weight is 547 g/mol. The number of nitrogens with zero attached hydrogens (tertiary/aromatic N) is 4. The van der Waals surface area contributed by atoms with Crippen LogP contribution in [0.25, 0.3) is 5.82 Å². The third kappa shape index (κ3) is 5.38. The Hall–Kier alpha value is -3.67. The van der Waals surface area contributed by atoms with Gasteiger partial charge >= 0.3 is 0 Å². The molecule has 1 aliphatic heterocycles. The highest BCUT2D eigenvalue weighted by Gasteiger charge is 2.36. The summed E-state index contributed by atoms with van der Waals surface area (Å²) in [7, 11) is 1.41. The van der Waals surface area contributed by atoms with E-state index in [1.807, 2.05) is 0 Å². The number of hydrogen-bond donors (Lipinski definition) is 2. The first-order valence-corrected chi connectivity index (χ1v) is 12.0. The predicted molar refractivity (Wildman–Crippen MR) is 136 cm³/mol. The molecule has 1 saturated heterocycles. The molecule has 2 aromatic heterocycles. The molecule has 13 heteroatoms. The van der Waals surface area contributed by atoms with Crippen LogP contribution in [0.5, 0.6) is 5.88 Å². The molecule has 11 nitrogen and oxygen atoms in total. The lowest BCUT2D eigenvalue weighted by atomic mass is 10.1. The molecule has 4 rings (SSSR count). The number of carbonyl (C=O) groups is 3. The average Bonchev–Trinajstić information content (AvgIpc) is 3.44. The van der Waals surface area contributed by atoms with Crippen molar-refractivity contribution < 1.29 is 24.0 Å². The lowest BCUT2D eigenvalue weighted by Gasteiger charge is -2.19. The molecule has 1 unspecified atom stereocenters. The minimum absolute atomic E-state index is 0.00614. The fraction of sp³-hybridized carbons (Fsp3) is 0.292. The number of hydroxylamine groups is 2. The van der Waals surface area contributed by atoms with Crippen molar-refractivity contribution in [3.8, 4) is 11.7 Å². The maximum Gasteiger partial charge on any atom is 0.274 e. The van der Waals surface area contributed by atoms with E-state index >= 15 is 0 Å². The van der Waals surface area contributed by atoms with Crippen LogP contribution in [-0.4, -0.2) is 63.3 Å². The van der Waals surface area contributed by atoms with E-state index in [2.05, 4.69) is 20.7 Å². The molecular weight excluding hydrogens is 523 g/mol.